The molecule has 1 saturated carbocycles. The normalized spacial score (nSPS) is 34.4. The van der Waals surface area contributed by atoms with Crippen LogP contribution in [-0.4, -0.2) is 88.4 Å². The Labute approximate surface area is 239 Å². The maximum atomic E-state index is 15.3. The van der Waals surface area contributed by atoms with Crippen LogP contribution in [0.25, 0.3) is 10.9 Å². The number of halogens is 2. The van der Waals surface area contributed by atoms with E-state index in [-0.39, 0.29) is 52.7 Å². The number of piperidine rings is 1. The summed E-state index contributed by atoms with van der Waals surface area (Å²) in [7, 11) is 0. The molecule has 3 atom stereocenters. The Kier molecular flexibility index (Phi) is 7.27. The molecule has 40 heavy (non-hydrogen) atoms. The Balaban J connectivity index is 1.12. The van der Waals surface area contributed by atoms with E-state index >= 15 is 4.39 Å². The molecule has 2 aromatic rings. The number of aliphatic hydroxyl groups is 1. The van der Waals surface area contributed by atoms with Crippen LogP contribution in [0.3, 0.4) is 0 Å². The molecule has 1 unspecified atom stereocenters. The lowest BCUT2D eigenvalue weighted by Gasteiger charge is -2.53. The van der Waals surface area contributed by atoms with Crippen LogP contribution in [0.1, 0.15) is 70.6 Å². The SMILES string of the molecule is OC[C@@H]1CC[C@@]2(COc3nc(N4CCCC5(CC(OC6CCCCO6)C5)C4)c4cnc(Cl)c(F)c4n3)CCCN12. The van der Waals surface area contributed by atoms with E-state index in [9.17, 15) is 5.11 Å². The monoisotopic (exact) mass is 575 g/mol. The predicted octanol–water partition coefficient (Wildman–Crippen LogP) is 4.48. The van der Waals surface area contributed by atoms with Crippen molar-refractivity contribution in [2.75, 3.05) is 44.4 Å². The Morgan fingerprint density at radius 2 is 1.98 bits per heavy atom. The molecule has 0 aromatic carbocycles. The van der Waals surface area contributed by atoms with E-state index in [0.29, 0.717) is 17.8 Å². The Morgan fingerprint density at radius 1 is 1.10 bits per heavy atom. The van der Waals surface area contributed by atoms with Crippen molar-refractivity contribution < 1.29 is 23.7 Å². The zero-order valence-corrected chi connectivity index (χ0v) is 23.8. The van der Waals surface area contributed by atoms with Crippen molar-refractivity contribution in [3.63, 3.8) is 0 Å². The van der Waals surface area contributed by atoms with Gasteiger partial charge < -0.3 is 24.2 Å². The van der Waals surface area contributed by atoms with Gasteiger partial charge in [-0.3, -0.25) is 4.90 Å². The molecular weight excluding hydrogens is 537 g/mol. The summed E-state index contributed by atoms with van der Waals surface area (Å²) in [5.41, 5.74) is 0.170. The lowest BCUT2D eigenvalue weighted by Crippen LogP contribution is -2.54. The summed E-state index contributed by atoms with van der Waals surface area (Å²) < 4.78 is 33.6. The van der Waals surface area contributed by atoms with Gasteiger partial charge >= 0.3 is 6.01 Å². The number of nitrogens with zero attached hydrogens (tertiary/aromatic N) is 5. The van der Waals surface area contributed by atoms with Crippen LogP contribution in [0.5, 0.6) is 6.01 Å². The minimum atomic E-state index is -0.647. The second kappa shape index (κ2) is 10.8. The number of hydrogen-bond acceptors (Lipinski definition) is 9. The number of pyridine rings is 1. The average molecular weight is 576 g/mol. The first-order valence-corrected chi connectivity index (χ1v) is 15.4. The van der Waals surface area contributed by atoms with E-state index in [1.54, 1.807) is 6.20 Å². The Hall–Kier alpha value is -1.85. The molecular formula is C29H39ClFN5O4. The highest BCUT2D eigenvalue weighted by Crippen LogP contribution is 2.50. The zero-order valence-electron chi connectivity index (χ0n) is 23.0. The predicted molar refractivity (Wildman–Crippen MR) is 148 cm³/mol. The molecule has 0 bridgehead atoms. The van der Waals surface area contributed by atoms with Gasteiger partial charge in [-0.05, 0) is 82.6 Å². The second-order valence-electron chi connectivity index (χ2n) is 12.6. The van der Waals surface area contributed by atoms with Crippen LogP contribution >= 0.6 is 11.6 Å². The molecule has 11 heteroatoms. The molecule has 5 fully saturated rings. The molecule has 5 aliphatic rings. The summed E-state index contributed by atoms with van der Waals surface area (Å²) in [5.74, 6) is 0.00778. The fourth-order valence-corrected chi connectivity index (χ4v) is 8.21. The Bertz CT molecular complexity index is 1240. The van der Waals surface area contributed by atoms with Gasteiger partial charge in [0.2, 0.25) is 0 Å². The fourth-order valence-electron chi connectivity index (χ4n) is 8.07. The molecule has 0 radical (unpaired) electrons. The summed E-state index contributed by atoms with van der Waals surface area (Å²) in [5, 5.41) is 10.2. The Morgan fingerprint density at radius 3 is 2.80 bits per heavy atom. The summed E-state index contributed by atoms with van der Waals surface area (Å²) in [6.45, 7) is 3.97. The van der Waals surface area contributed by atoms with Crippen molar-refractivity contribution in [2.24, 2.45) is 5.41 Å². The first kappa shape index (κ1) is 27.0. The smallest absolute Gasteiger partial charge is 0.319 e. The number of ether oxygens (including phenoxy) is 3. The van der Waals surface area contributed by atoms with Crippen LogP contribution in [0.4, 0.5) is 10.2 Å². The maximum absolute atomic E-state index is 15.3. The number of anilines is 1. The van der Waals surface area contributed by atoms with Gasteiger partial charge in [-0.1, -0.05) is 11.6 Å². The topological polar surface area (TPSA) is 93.1 Å². The molecule has 1 spiro atoms. The third-order valence-corrected chi connectivity index (χ3v) is 10.3. The van der Waals surface area contributed by atoms with Gasteiger partial charge in [0.1, 0.15) is 17.9 Å². The van der Waals surface area contributed by atoms with Crippen LogP contribution in [-0.2, 0) is 9.47 Å². The van der Waals surface area contributed by atoms with Gasteiger partial charge in [0.15, 0.2) is 17.3 Å². The van der Waals surface area contributed by atoms with Crippen LogP contribution in [0.15, 0.2) is 6.20 Å². The van der Waals surface area contributed by atoms with E-state index in [1.165, 1.54) is 0 Å². The van der Waals surface area contributed by atoms with Crippen molar-refractivity contribution in [2.45, 2.75) is 94.6 Å². The zero-order chi connectivity index (χ0) is 27.3. The van der Waals surface area contributed by atoms with E-state index < -0.39 is 5.82 Å². The van der Waals surface area contributed by atoms with Crippen molar-refractivity contribution in [3.05, 3.63) is 17.2 Å². The largest absolute Gasteiger partial charge is 0.461 e. The summed E-state index contributed by atoms with van der Waals surface area (Å²) in [6.07, 6.45) is 13.2. The lowest BCUT2D eigenvalue weighted by atomic mass is 9.62. The van der Waals surface area contributed by atoms with Crippen molar-refractivity contribution in [1.82, 2.24) is 19.9 Å². The van der Waals surface area contributed by atoms with E-state index in [4.69, 9.17) is 30.8 Å². The third-order valence-electron chi connectivity index (χ3n) is 10.1. The van der Waals surface area contributed by atoms with E-state index in [0.717, 1.165) is 96.9 Å². The summed E-state index contributed by atoms with van der Waals surface area (Å²) in [4.78, 5) is 18.1. The van der Waals surface area contributed by atoms with Gasteiger partial charge in [0, 0.05) is 31.9 Å². The molecule has 1 N–H and O–H groups in total. The minimum absolute atomic E-state index is 0.0668. The number of aromatic nitrogens is 3. The number of fused-ring (bicyclic) bond motifs is 2. The van der Waals surface area contributed by atoms with Crippen molar-refractivity contribution in [3.8, 4) is 6.01 Å². The van der Waals surface area contributed by atoms with Crippen molar-refractivity contribution >= 4 is 28.3 Å². The van der Waals surface area contributed by atoms with Gasteiger partial charge in [-0.25, -0.2) is 9.37 Å². The average Bonchev–Trinajstić information content (AvgIpc) is 3.53. The minimum Gasteiger partial charge on any atom is -0.461 e. The van der Waals surface area contributed by atoms with Gasteiger partial charge in [0.25, 0.3) is 0 Å². The molecule has 4 aliphatic heterocycles. The van der Waals surface area contributed by atoms with Crippen LogP contribution in [0.2, 0.25) is 5.15 Å². The lowest BCUT2D eigenvalue weighted by molar-refractivity contribution is -0.223. The highest BCUT2D eigenvalue weighted by molar-refractivity contribution is 6.30. The second-order valence-corrected chi connectivity index (χ2v) is 13.0. The van der Waals surface area contributed by atoms with Crippen LogP contribution in [0, 0.1) is 11.2 Å². The van der Waals surface area contributed by atoms with Crippen molar-refractivity contribution in [1.29, 1.82) is 0 Å². The van der Waals surface area contributed by atoms with E-state index in [1.807, 2.05) is 0 Å². The first-order valence-electron chi connectivity index (χ1n) is 15.0. The number of aliphatic hydroxyl groups excluding tert-OH is 1. The van der Waals surface area contributed by atoms with Gasteiger partial charge in [-0.2, -0.15) is 9.97 Å². The molecule has 9 nitrogen and oxygen atoms in total. The molecule has 1 aliphatic carbocycles. The highest BCUT2D eigenvalue weighted by atomic mass is 35.5. The highest BCUT2D eigenvalue weighted by Gasteiger charge is 2.50. The summed E-state index contributed by atoms with van der Waals surface area (Å²) in [6, 6.07) is 0.340. The quantitative estimate of drug-likeness (QED) is 0.480. The third kappa shape index (κ3) is 4.83. The van der Waals surface area contributed by atoms with Gasteiger partial charge in [-0.15, -0.1) is 0 Å². The number of rotatable bonds is 7. The fraction of sp³-hybridized carbons (Fsp3) is 0.759. The molecule has 4 saturated heterocycles. The van der Waals surface area contributed by atoms with Crippen LogP contribution < -0.4 is 9.64 Å². The van der Waals surface area contributed by atoms with E-state index in [2.05, 4.69) is 19.8 Å². The molecule has 218 valence electrons. The standard InChI is InChI=1S/C29H39ClFN5O4/c30-25-23(31)24-21(15-32-25)26(34-27(33-24)39-18-29-8-4-11-36(29)19(16-37)6-9-29)35-10-3-7-28(17-35)13-20(14-28)40-22-5-1-2-12-38-22/h15,19-20,22,37H,1-14,16-18H2/t19-,20?,22?,28?,29+/m0/s1. The molecule has 2 aromatic heterocycles. The maximum Gasteiger partial charge on any atom is 0.319 e. The van der Waals surface area contributed by atoms with Gasteiger partial charge in [0.05, 0.1) is 23.6 Å². The number of hydrogen-bond donors (Lipinski definition) is 1. The summed E-state index contributed by atoms with van der Waals surface area (Å²) >= 11 is 6.08. The molecule has 6 heterocycles. The first-order chi connectivity index (χ1) is 19.5. The molecule has 0 amide bonds. The molecule has 7 rings (SSSR count).